The Hall–Kier alpha value is -3.28. The summed E-state index contributed by atoms with van der Waals surface area (Å²) in [6, 6.07) is 14.7. The van der Waals surface area contributed by atoms with Crippen molar-refractivity contribution >= 4 is 97.5 Å². The number of benzene rings is 3. The molecule has 0 aromatic heterocycles. The zero-order valence-electron chi connectivity index (χ0n) is 23.8. The smallest absolute Gasteiger partial charge is 0.264 e. The average Bonchev–Trinajstić information content (AvgIpc) is 3.68. The lowest BCUT2D eigenvalue weighted by Crippen LogP contribution is -2.45. The molecule has 3 aromatic rings. The number of hydrogen-bond acceptors (Lipinski definition) is 7. The van der Waals surface area contributed by atoms with Crippen LogP contribution in [0, 0.1) is 5.92 Å². The Balaban J connectivity index is 1.21. The fourth-order valence-electron chi connectivity index (χ4n) is 6.50. The molecule has 0 N–H and O–H groups in total. The summed E-state index contributed by atoms with van der Waals surface area (Å²) in [7, 11) is 0. The Labute approximate surface area is 292 Å². The number of hydrazone groups is 1. The first kappa shape index (κ1) is 31.3. The summed E-state index contributed by atoms with van der Waals surface area (Å²) < 4.78 is 0.713. The molecule has 3 heterocycles. The van der Waals surface area contributed by atoms with E-state index < -0.39 is 35.8 Å². The third-order valence-electron chi connectivity index (χ3n) is 8.55. The summed E-state index contributed by atoms with van der Waals surface area (Å²) in [5, 5.41) is 17.7. The number of carbonyl (C=O) groups excluding carboxylic acids is 3. The molecule has 0 bridgehead atoms. The minimum atomic E-state index is -1.05. The molecule has 14 heteroatoms. The van der Waals surface area contributed by atoms with Crippen LogP contribution >= 0.6 is 62.3 Å². The van der Waals surface area contributed by atoms with E-state index in [1.807, 2.05) is 18.2 Å². The fourth-order valence-corrected chi connectivity index (χ4v) is 7.87. The van der Waals surface area contributed by atoms with Crippen molar-refractivity contribution in [1.29, 1.82) is 0 Å². The number of fused-ring (bicyclic) bond motifs is 2. The van der Waals surface area contributed by atoms with Crippen molar-refractivity contribution in [2.45, 2.75) is 37.4 Å². The first-order chi connectivity index (χ1) is 22.1. The molecule has 0 radical (unpaired) electrons. The van der Waals surface area contributed by atoms with Crippen LogP contribution in [0.3, 0.4) is 0 Å². The van der Waals surface area contributed by atoms with E-state index in [2.05, 4.69) is 26.3 Å². The highest BCUT2D eigenvalue weighted by Gasteiger charge is 2.55. The second kappa shape index (κ2) is 12.4. The third-order valence-corrected chi connectivity index (χ3v) is 10.2. The molecule has 1 saturated heterocycles. The molecule has 1 saturated carbocycles. The number of carbonyl (C=O) groups is 3. The second-order valence-electron chi connectivity index (χ2n) is 11.4. The summed E-state index contributed by atoms with van der Waals surface area (Å²) in [4.78, 5) is 42.1. The van der Waals surface area contributed by atoms with Crippen LogP contribution in [0.1, 0.15) is 36.4 Å². The second-order valence-corrected chi connectivity index (χ2v) is 14.0. The van der Waals surface area contributed by atoms with E-state index in [1.165, 1.54) is 10.0 Å². The van der Waals surface area contributed by atoms with Crippen LogP contribution in [0.25, 0.3) is 6.08 Å². The molecule has 9 nitrogen and oxygen atoms in total. The summed E-state index contributed by atoms with van der Waals surface area (Å²) >= 11 is 29.0. The molecule has 1 aliphatic carbocycles. The number of hydrogen-bond donors (Lipinski definition) is 0. The van der Waals surface area contributed by atoms with Crippen molar-refractivity contribution < 1.29 is 14.4 Å². The van der Waals surface area contributed by atoms with E-state index in [9.17, 15) is 14.4 Å². The predicted octanol–water partition coefficient (Wildman–Crippen LogP) is 8.18. The highest BCUT2D eigenvalue weighted by atomic mass is 79.9. The highest BCUT2D eigenvalue weighted by molar-refractivity contribution is 9.10. The van der Waals surface area contributed by atoms with Gasteiger partial charge in [0.1, 0.15) is 6.54 Å². The molecular formula is C32H23BrCl4N6O3. The van der Waals surface area contributed by atoms with Crippen molar-refractivity contribution in [1.82, 2.24) is 10.0 Å². The van der Waals surface area contributed by atoms with Crippen LogP contribution in [0.4, 0.5) is 5.69 Å². The number of allylic oxidation sites excluding steroid dienone is 1. The van der Waals surface area contributed by atoms with Gasteiger partial charge in [-0.05, 0) is 84.5 Å². The van der Waals surface area contributed by atoms with Crippen LogP contribution in [0.2, 0.25) is 20.1 Å². The quantitative estimate of drug-likeness (QED) is 0.245. The average molecular weight is 761 g/mol. The first-order valence-electron chi connectivity index (χ1n) is 14.4. The van der Waals surface area contributed by atoms with Gasteiger partial charge in [-0.25, -0.2) is 9.91 Å². The molecular weight excluding hydrogens is 738 g/mol. The standard InChI is InChI=1S/C32H23BrCl4N6O3/c33-18-4-2-5-21(12-18)42-31(45)28-30(32(42)46)41(40-38-28)15-26(44)43-29(22-10-9-20(35)14-25(22)37)23-6-1-3-17(27(23)39-43)11-16-7-8-19(34)13-24(16)36/h2,4-5,7-14,23,28-30H,1,3,6,15H2/b17-11+/t23-,28-,29-,30-/m1/s1. The molecule has 0 spiro atoms. The van der Waals surface area contributed by atoms with Crippen molar-refractivity contribution in [2.75, 3.05) is 11.4 Å². The molecule has 3 amide bonds. The monoisotopic (exact) mass is 758 g/mol. The van der Waals surface area contributed by atoms with Crippen molar-refractivity contribution in [3.8, 4) is 0 Å². The van der Waals surface area contributed by atoms with E-state index in [-0.39, 0.29) is 12.5 Å². The molecule has 3 aromatic carbocycles. The van der Waals surface area contributed by atoms with Crippen LogP contribution in [0.15, 0.2) is 86.1 Å². The molecule has 4 aliphatic rings. The van der Waals surface area contributed by atoms with Crippen LogP contribution in [-0.2, 0) is 14.4 Å². The number of imide groups is 1. The van der Waals surface area contributed by atoms with E-state index in [1.54, 1.807) is 48.5 Å². The van der Waals surface area contributed by atoms with Gasteiger partial charge in [-0.1, -0.05) is 85.8 Å². The number of anilines is 1. The van der Waals surface area contributed by atoms with Gasteiger partial charge in [0.15, 0.2) is 12.1 Å². The zero-order valence-corrected chi connectivity index (χ0v) is 28.4. The van der Waals surface area contributed by atoms with E-state index in [4.69, 9.17) is 51.5 Å². The lowest BCUT2D eigenvalue weighted by atomic mass is 9.77. The topological polar surface area (TPSA) is 98.0 Å². The summed E-state index contributed by atoms with van der Waals surface area (Å²) in [6.45, 7) is -0.330. The third kappa shape index (κ3) is 5.54. The maximum Gasteiger partial charge on any atom is 0.264 e. The largest absolute Gasteiger partial charge is 0.271 e. The normalized spacial score (nSPS) is 24.6. The predicted molar refractivity (Wildman–Crippen MR) is 181 cm³/mol. The molecule has 0 unspecified atom stereocenters. The van der Waals surface area contributed by atoms with E-state index >= 15 is 0 Å². The van der Waals surface area contributed by atoms with Gasteiger partial charge >= 0.3 is 0 Å². The maximum atomic E-state index is 14.2. The molecule has 3 aliphatic heterocycles. The lowest BCUT2D eigenvalue weighted by Gasteiger charge is -2.31. The summed E-state index contributed by atoms with van der Waals surface area (Å²) in [5.74, 6) is -1.60. The molecule has 2 fully saturated rings. The number of nitrogens with zero attached hydrogens (tertiary/aromatic N) is 6. The van der Waals surface area contributed by atoms with Crippen LogP contribution < -0.4 is 4.90 Å². The number of rotatable bonds is 5. The molecule has 4 atom stereocenters. The Morgan fingerprint density at radius 1 is 0.935 bits per heavy atom. The summed E-state index contributed by atoms with van der Waals surface area (Å²) in [6.07, 6.45) is 4.34. The van der Waals surface area contributed by atoms with Crippen molar-refractivity contribution in [2.24, 2.45) is 21.4 Å². The first-order valence-corrected chi connectivity index (χ1v) is 16.7. The number of halogens is 5. The Bertz CT molecular complexity index is 1900. The van der Waals surface area contributed by atoms with E-state index in [0.29, 0.717) is 35.8 Å². The maximum absolute atomic E-state index is 14.2. The Kier molecular flexibility index (Phi) is 8.44. The van der Waals surface area contributed by atoms with Crippen LogP contribution in [0.5, 0.6) is 0 Å². The van der Waals surface area contributed by atoms with Gasteiger partial charge in [0, 0.05) is 30.5 Å². The minimum Gasteiger partial charge on any atom is -0.271 e. The highest BCUT2D eigenvalue weighted by Crippen LogP contribution is 2.47. The van der Waals surface area contributed by atoms with Gasteiger partial charge in [-0.15, -0.1) is 0 Å². The van der Waals surface area contributed by atoms with E-state index in [0.717, 1.165) is 41.0 Å². The van der Waals surface area contributed by atoms with Gasteiger partial charge in [-0.3, -0.25) is 19.4 Å². The summed E-state index contributed by atoms with van der Waals surface area (Å²) in [5.41, 5.74) is 3.61. The van der Waals surface area contributed by atoms with Gasteiger partial charge in [0.25, 0.3) is 17.7 Å². The SMILES string of the molecule is O=C1[C@@H]2N=NN(CC(=O)N3N=C4/C(=C/c5ccc(Cl)cc5Cl)CCC[C@H]4[C@H]3c3ccc(Cl)cc3Cl)[C@H]2C(=O)N1c1cccc(Br)c1. The van der Waals surface area contributed by atoms with Crippen LogP contribution in [-0.4, -0.2) is 52.1 Å². The lowest BCUT2D eigenvalue weighted by molar-refractivity contribution is -0.136. The molecule has 46 heavy (non-hydrogen) atoms. The minimum absolute atomic E-state index is 0.164. The fraction of sp³-hybridized carbons (Fsp3) is 0.250. The molecule has 234 valence electrons. The van der Waals surface area contributed by atoms with Gasteiger partial charge in [0.05, 0.1) is 17.4 Å². The van der Waals surface area contributed by atoms with Gasteiger partial charge in [0.2, 0.25) is 0 Å². The Morgan fingerprint density at radius 3 is 2.43 bits per heavy atom. The van der Waals surface area contributed by atoms with Gasteiger partial charge in [-0.2, -0.15) is 10.2 Å². The van der Waals surface area contributed by atoms with Crippen molar-refractivity contribution in [3.05, 3.63) is 102 Å². The van der Waals surface area contributed by atoms with Crippen molar-refractivity contribution in [3.63, 3.8) is 0 Å². The number of amides is 3. The molecule has 7 rings (SSSR count). The van der Waals surface area contributed by atoms with Gasteiger partial charge < -0.3 is 0 Å². The zero-order chi connectivity index (χ0) is 32.3. The Morgan fingerprint density at radius 2 is 1.70 bits per heavy atom.